The predicted molar refractivity (Wildman–Crippen MR) is 178 cm³/mol. The molecule has 0 bridgehead atoms. The van der Waals surface area contributed by atoms with E-state index in [2.05, 4.69) is 10.00 Å². The number of fused-ring (bicyclic) bond motifs is 3. The van der Waals surface area contributed by atoms with Gasteiger partial charge in [-0.05, 0) is 55.5 Å². The van der Waals surface area contributed by atoms with Gasteiger partial charge in [-0.2, -0.15) is 28.2 Å². The van der Waals surface area contributed by atoms with Crippen LogP contribution in [-0.2, 0) is 37.0 Å². The molecule has 11 nitrogen and oxygen atoms in total. The van der Waals surface area contributed by atoms with Gasteiger partial charge in [0, 0.05) is 51.4 Å². The quantitative estimate of drug-likeness (QED) is 0.241. The molecule has 2 aromatic heterocycles. The number of carbonyl (C=O) groups excluding carboxylic acids is 1. The zero-order valence-electron chi connectivity index (χ0n) is 27.5. The van der Waals surface area contributed by atoms with Gasteiger partial charge in [-0.15, -0.1) is 0 Å². The number of carbonyl (C=O) groups is 1. The van der Waals surface area contributed by atoms with Crippen LogP contribution in [0.15, 0.2) is 24.0 Å². The van der Waals surface area contributed by atoms with Crippen LogP contribution in [0.4, 0.5) is 29.1 Å². The van der Waals surface area contributed by atoms with Crippen molar-refractivity contribution in [3.05, 3.63) is 67.9 Å². The van der Waals surface area contributed by atoms with Crippen molar-refractivity contribution in [3.8, 4) is 6.01 Å². The number of nitrogen functional groups attached to an aromatic ring is 1. The van der Waals surface area contributed by atoms with Crippen molar-refractivity contribution >= 4 is 40.6 Å². The average Bonchev–Trinajstić information content (AvgIpc) is 3.65. The topological polar surface area (TPSA) is 115 Å². The number of alkyl halides is 3. The third-order valence-electron chi connectivity index (χ3n) is 9.99. The molecule has 0 radical (unpaired) electrons. The monoisotopic (exact) mass is 738 g/mol. The van der Waals surface area contributed by atoms with E-state index >= 15 is 0 Å². The summed E-state index contributed by atoms with van der Waals surface area (Å²) in [6.45, 7) is 2.72. The minimum Gasteiger partial charge on any atom is -0.461 e. The van der Waals surface area contributed by atoms with E-state index < -0.39 is 28.4 Å². The van der Waals surface area contributed by atoms with Gasteiger partial charge in [0.15, 0.2) is 5.69 Å². The second-order valence-corrected chi connectivity index (χ2v) is 14.3. The zero-order chi connectivity index (χ0) is 35.5. The lowest BCUT2D eigenvalue weighted by Crippen LogP contribution is -2.43. The molecule has 0 spiro atoms. The maximum Gasteiger partial charge on any atom is 0.418 e. The van der Waals surface area contributed by atoms with Gasteiger partial charge in [0.25, 0.3) is 5.91 Å². The van der Waals surface area contributed by atoms with Crippen molar-refractivity contribution in [1.82, 2.24) is 29.5 Å². The largest absolute Gasteiger partial charge is 0.461 e. The van der Waals surface area contributed by atoms with E-state index in [1.165, 1.54) is 11.0 Å². The maximum atomic E-state index is 14.3. The number of amides is 1. The van der Waals surface area contributed by atoms with Crippen LogP contribution in [0.2, 0.25) is 10.0 Å². The number of nitrogens with zero attached hydrogens (tertiary/aromatic N) is 7. The molecule has 4 aliphatic heterocycles. The van der Waals surface area contributed by atoms with Crippen molar-refractivity contribution in [3.63, 3.8) is 0 Å². The van der Waals surface area contributed by atoms with Crippen LogP contribution >= 0.6 is 23.2 Å². The molecule has 3 aromatic rings. The summed E-state index contributed by atoms with van der Waals surface area (Å²) in [5.74, 6) is 0.155. The Kier molecular flexibility index (Phi) is 9.14. The van der Waals surface area contributed by atoms with E-state index in [0.29, 0.717) is 67.1 Å². The number of hydrogen-bond donors (Lipinski definition) is 1. The Morgan fingerprint density at radius 2 is 1.98 bits per heavy atom. The second-order valence-electron chi connectivity index (χ2n) is 13.5. The first-order valence-electron chi connectivity index (χ1n) is 16.3. The van der Waals surface area contributed by atoms with Gasteiger partial charge in [-0.25, -0.2) is 4.39 Å². The van der Waals surface area contributed by atoms with Gasteiger partial charge in [0.1, 0.15) is 12.4 Å². The van der Waals surface area contributed by atoms with E-state index in [1.807, 2.05) is 4.90 Å². The molecule has 4 aliphatic rings. The van der Waals surface area contributed by atoms with E-state index in [4.69, 9.17) is 48.4 Å². The molecule has 2 fully saturated rings. The number of anilines is 2. The third kappa shape index (κ3) is 6.26. The number of halogens is 6. The lowest BCUT2D eigenvalue weighted by molar-refractivity contribution is -0.139. The molecule has 17 heteroatoms. The first kappa shape index (κ1) is 34.8. The summed E-state index contributed by atoms with van der Waals surface area (Å²) >= 11 is 12.8. The Morgan fingerprint density at radius 3 is 2.72 bits per heavy atom. The van der Waals surface area contributed by atoms with Gasteiger partial charge < -0.3 is 25.0 Å². The molecular formula is C33H36Cl2F4N8O3. The molecule has 1 amide bonds. The van der Waals surface area contributed by atoms with Gasteiger partial charge in [-0.1, -0.05) is 23.2 Å². The molecule has 7 rings (SSSR count). The summed E-state index contributed by atoms with van der Waals surface area (Å²) in [4.78, 5) is 28.0. The standard InChI is InChI=1S/C33H36Cl2F4N8O3/c1-44(2)30(48)28-27(35)24-15-45(6-4-8-47(24)43-28)29-21-16-49-25(20-9-19(40)10-22(34)26(20)33(37,38)39)11-23(21)41-31(42-29)50-17-32-5-3-7-46(32)14-18(12-32)13-36/h9-10,13,25H,3-8,11-12,14-17,40H2,1-2H3/b18-13-/t25?,32-/m0/s1. The number of rotatable bonds is 6. The third-order valence-corrected chi connectivity index (χ3v) is 10.7. The molecule has 2 saturated heterocycles. The number of hydrogen-bond acceptors (Lipinski definition) is 9. The van der Waals surface area contributed by atoms with Crippen LogP contribution in [0.1, 0.15) is 70.4 Å². The van der Waals surface area contributed by atoms with Crippen LogP contribution in [0.25, 0.3) is 0 Å². The van der Waals surface area contributed by atoms with Crippen molar-refractivity contribution in [2.45, 2.75) is 69.6 Å². The minimum atomic E-state index is -4.75. The highest BCUT2D eigenvalue weighted by Crippen LogP contribution is 2.45. The molecule has 1 aromatic carbocycles. The summed E-state index contributed by atoms with van der Waals surface area (Å²) in [5.41, 5.74) is 6.95. The summed E-state index contributed by atoms with van der Waals surface area (Å²) < 4.78 is 70.5. The number of aryl methyl sites for hydroxylation is 1. The highest BCUT2D eigenvalue weighted by atomic mass is 35.5. The van der Waals surface area contributed by atoms with E-state index in [9.17, 15) is 22.4 Å². The lowest BCUT2D eigenvalue weighted by atomic mass is 9.94. The van der Waals surface area contributed by atoms with Gasteiger partial charge in [0.05, 0.1) is 58.1 Å². The molecule has 1 unspecified atom stereocenters. The molecule has 268 valence electrons. The van der Waals surface area contributed by atoms with Crippen molar-refractivity contribution in [2.24, 2.45) is 0 Å². The van der Waals surface area contributed by atoms with Crippen LogP contribution in [0, 0.1) is 0 Å². The van der Waals surface area contributed by atoms with Gasteiger partial charge in [-0.3, -0.25) is 14.4 Å². The molecule has 50 heavy (non-hydrogen) atoms. The van der Waals surface area contributed by atoms with Crippen molar-refractivity contribution in [2.75, 3.05) is 51.0 Å². The summed E-state index contributed by atoms with van der Waals surface area (Å²) in [7, 11) is 3.25. The van der Waals surface area contributed by atoms with Crippen molar-refractivity contribution < 1.29 is 31.8 Å². The van der Waals surface area contributed by atoms with Crippen LogP contribution < -0.4 is 15.4 Å². The number of aromatic nitrogens is 4. The molecule has 2 N–H and O–H groups in total. The smallest absolute Gasteiger partial charge is 0.418 e. The molecule has 0 aliphatic carbocycles. The second kappa shape index (κ2) is 13.1. The molecule has 2 atom stereocenters. The normalized spacial score (nSPS) is 23.1. The van der Waals surface area contributed by atoms with E-state index in [0.717, 1.165) is 25.5 Å². The van der Waals surface area contributed by atoms with Crippen LogP contribution in [0.5, 0.6) is 6.01 Å². The lowest BCUT2D eigenvalue weighted by Gasteiger charge is -2.33. The van der Waals surface area contributed by atoms with E-state index in [-0.39, 0.29) is 60.1 Å². The predicted octanol–water partition coefficient (Wildman–Crippen LogP) is 5.98. The fourth-order valence-corrected chi connectivity index (χ4v) is 8.24. The first-order valence-corrected chi connectivity index (χ1v) is 17.1. The zero-order valence-corrected chi connectivity index (χ0v) is 29.0. The number of ether oxygens (including phenoxy) is 2. The Morgan fingerprint density at radius 1 is 1.18 bits per heavy atom. The van der Waals surface area contributed by atoms with Crippen LogP contribution in [-0.4, -0.2) is 81.3 Å². The van der Waals surface area contributed by atoms with Gasteiger partial charge >= 0.3 is 12.2 Å². The molecular weight excluding hydrogens is 703 g/mol. The van der Waals surface area contributed by atoms with Crippen molar-refractivity contribution in [1.29, 1.82) is 0 Å². The Labute approximate surface area is 295 Å². The SMILES string of the molecule is CN(C)C(=O)c1nn2c(c1Cl)CN(c1nc(OC[C@@]34CCCN3C/C(=C\F)C4)nc3c1COC(c1cc(N)cc(Cl)c1C(F)(F)F)C3)CCC2. The highest BCUT2D eigenvalue weighted by molar-refractivity contribution is 6.34. The number of nitrogens with two attached hydrogens (primary N) is 1. The summed E-state index contributed by atoms with van der Waals surface area (Å²) in [6.07, 6.45) is -2.27. The Balaban J connectivity index is 1.27. The van der Waals surface area contributed by atoms with Crippen LogP contribution in [0.3, 0.4) is 0 Å². The average molecular weight is 740 g/mol. The van der Waals surface area contributed by atoms with E-state index in [1.54, 1.807) is 18.8 Å². The first-order chi connectivity index (χ1) is 23.8. The highest BCUT2D eigenvalue weighted by Gasteiger charge is 2.47. The minimum absolute atomic E-state index is 0.0376. The number of benzene rings is 1. The summed E-state index contributed by atoms with van der Waals surface area (Å²) in [6, 6.07) is 2.35. The fourth-order valence-electron chi connectivity index (χ4n) is 7.62. The Hall–Kier alpha value is -3.66. The fraction of sp³-hybridized carbons (Fsp3) is 0.515. The Bertz CT molecular complexity index is 1870. The van der Waals surface area contributed by atoms with Gasteiger partial charge in [0.2, 0.25) is 0 Å². The summed E-state index contributed by atoms with van der Waals surface area (Å²) in [5, 5.41) is 4.23. The maximum absolute atomic E-state index is 14.3. The molecule has 0 saturated carbocycles. The molecule has 6 heterocycles.